The van der Waals surface area contributed by atoms with Crippen molar-refractivity contribution in [1.82, 2.24) is 10.2 Å². The molecule has 1 aliphatic heterocycles. The first-order valence-electron chi connectivity index (χ1n) is 11.5. The number of hydrogen-bond donors (Lipinski definition) is 2. The number of aryl methyl sites for hydroxylation is 1. The highest BCUT2D eigenvalue weighted by atomic mass is 32.1. The van der Waals surface area contributed by atoms with Gasteiger partial charge in [0, 0.05) is 18.5 Å². The Balaban J connectivity index is 1.63. The molecule has 8 nitrogen and oxygen atoms in total. The van der Waals surface area contributed by atoms with Crippen LogP contribution >= 0.6 is 11.3 Å². The molecule has 2 aliphatic rings. The number of benzene rings is 1. The van der Waals surface area contributed by atoms with Crippen LogP contribution in [0.5, 0.6) is 0 Å². The molecule has 2 N–H and O–H groups in total. The first-order valence-corrected chi connectivity index (χ1v) is 12.4. The van der Waals surface area contributed by atoms with Crippen molar-refractivity contribution < 1.29 is 23.9 Å². The normalized spacial score (nSPS) is 15.8. The second kappa shape index (κ2) is 10.1. The van der Waals surface area contributed by atoms with E-state index in [9.17, 15) is 19.2 Å². The summed E-state index contributed by atoms with van der Waals surface area (Å²) in [4.78, 5) is 54.8. The molecule has 1 atom stereocenters. The lowest BCUT2D eigenvalue weighted by Crippen LogP contribution is -2.50. The number of nitrogens with one attached hydrogen (secondary N) is 2. The zero-order chi connectivity index (χ0) is 24.4. The predicted octanol–water partition coefficient (Wildman–Crippen LogP) is 3.26. The molecule has 1 aliphatic carbocycles. The van der Waals surface area contributed by atoms with E-state index in [1.165, 1.54) is 11.3 Å². The number of methoxy groups -OCH3 is 1. The summed E-state index contributed by atoms with van der Waals surface area (Å²) in [7, 11) is 1.57. The molecule has 34 heavy (non-hydrogen) atoms. The average molecular weight is 484 g/mol. The molecule has 0 radical (unpaired) electrons. The van der Waals surface area contributed by atoms with E-state index in [4.69, 9.17) is 4.74 Å². The molecule has 1 unspecified atom stereocenters. The van der Waals surface area contributed by atoms with Crippen molar-refractivity contribution in [3.63, 3.8) is 0 Å². The predicted molar refractivity (Wildman–Crippen MR) is 129 cm³/mol. The monoisotopic (exact) mass is 483 g/mol. The highest BCUT2D eigenvalue weighted by molar-refractivity contribution is 7.17. The smallest absolute Gasteiger partial charge is 0.262 e. The van der Waals surface area contributed by atoms with Crippen molar-refractivity contribution in [2.24, 2.45) is 5.92 Å². The first kappa shape index (κ1) is 24.1. The van der Waals surface area contributed by atoms with Gasteiger partial charge in [-0.15, -0.1) is 11.3 Å². The van der Waals surface area contributed by atoms with E-state index in [2.05, 4.69) is 10.6 Å². The SMILES string of the molecule is COCCNC(=O)c1c(NC(=O)C(C(C)C)N2C(=O)c3ccccc3C2=O)sc2c1CCCC2. The lowest BCUT2D eigenvalue weighted by atomic mass is 9.95. The molecule has 9 heteroatoms. The zero-order valence-electron chi connectivity index (χ0n) is 19.6. The van der Waals surface area contributed by atoms with Crippen LogP contribution in [0.2, 0.25) is 0 Å². The summed E-state index contributed by atoms with van der Waals surface area (Å²) in [5, 5.41) is 6.23. The molecule has 1 aromatic carbocycles. The number of hydrogen-bond acceptors (Lipinski definition) is 6. The highest BCUT2D eigenvalue weighted by Gasteiger charge is 2.44. The average Bonchev–Trinajstić information content (AvgIpc) is 3.29. The van der Waals surface area contributed by atoms with Crippen LogP contribution in [-0.2, 0) is 22.4 Å². The Morgan fingerprint density at radius 3 is 2.35 bits per heavy atom. The van der Waals surface area contributed by atoms with E-state index in [1.54, 1.807) is 45.2 Å². The molecule has 1 aromatic heterocycles. The molecule has 0 bridgehead atoms. The number of ether oxygens (including phenoxy) is 1. The Bertz CT molecular complexity index is 1100. The summed E-state index contributed by atoms with van der Waals surface area (Å²) >= 11 is 1.41. The van der Waals surface area contributed by atoms with Crippen LogP contribution in [-0.4, -0.2) is 54.8 Å². The largest absolute Gasteiger partial charge is 0.383 e. The molecule has 4 amide bonds. The zero-order valence-corrected chi connectivity index (χ0v) is 20.4. The van der Waals surface area contributed by atoms with Crippen LogP contribution in [0.1, 0.15) is 68.2 Å². The third kappa shape index (κ3) is 4.37. The van der Waals surface area contributed by atoms with Crippen molar-refractivity contribution in [2.75, 3.05) is 25.6 Å². The van der Waals surface area contributed by atoms with Gasteiger partial charge >= 0.3 is 0 Å². The standard InChI is InChI=1S/C25H29N3O5S/c1-14(2)20(28-24(31)15-8-4-5-9-16(15)25(28)32)22(30)27-23-19(21(29)26-12-13-33-3)17-10-6-7-11-18(17)34-23/h4-5,8-9,14,20H,6-7,10-13H2,1-3H3,(H,26,29)(H,27,30). The van der Waals surface area contributed by atoms with Crippen LogP contribution in [0.4, 0.5) is 5.00 Å². The molecule has 0 fully saturated rings. The van der Waals surface area contributed by atoms with Gasteiger partial charge in [0.05, 0.1) is 23.3 Å². The summed E-state index contributed by atoms with van der Waals surface area (Å²) in [5.41, 5.74) is 2.06. The van der Waals surface area contributed by atoms with E-state index in [0.717, 1.165) is 41.0 Å². The van der Waals surface area contributed by atoms with Gasteiger partial charge in [-0.2, -0.15) is 0 Å². The van der Waals surface area contributed by atoms with E-state index in [-0.39, 0.29) is 11.8 Å². The molecule has 180 valence electrons. The fourth-order valence-corrected chi connectivity index (χ4v) is 5.90. The van der Waals surface area contributed by atoms with Crippen LogP contribution < -0.4 is 10.6 Å². The summed E-state index contributed by atoms with van der Waals surface area (Å²) in [5.74, 6) is -2.01. The Labute approximate surface area is 202 Å². The van der Waals surface area contributed by atoms with Crippen molar-refractivity contribution in [3.05, 3.63) is 51.4 Å². The molecule has 4 rings (SSSR count). The van der Waals surface area contributed by atoms with Crippen molar-refractivity contribution in [1.29, 1.82) is 0 Å². The molecule has 0 saturated heterocycles. The number of nitrogens with zero attached hydrogens (tertiary/aromatic N) is 1. The van der Waals surface area contributed by atoms with Crippen molar-refractivity contribution in [3.8, 4) is 0 Å². The van der Waals surface area contributed by atoms with Crippen LogP contribution in [0, 0.1) is 5.92 Å². The third-order valence-corrected chi connectivity index (χ3v) is 7.44. The molecule has 2 aromatic rings. The van der Waals surface area contributed by atoms with E-state index in [0.29, 0.717) is 34.8 Å². The minimum absolute atomic E-state index is 0.256. The van der Waals surface area contributed by atoms with Gasteiger partial charge in [-0.25, -0.2) is 0 Å². The summed E-state index contributed by atoms with van der Waals surface area (Å²) < 4.78 is 5.03. The van der Waals surface area contributed by atoms with Gasteiger partial charge < -0.3 is 15.4 Å². The minimum atomic E-state index is -1.00. The van der Waals surface area contributed by atoms with Crippen molar-refractivity contribution in [2.45, 2.75) is 45.6 Å². The maximum atomic E-state index is 13.5. The lowest BCUT2D eigenvalue weighted by molar-refractivity contribution is -0.121. The summed E-state index contributed by atoms with van der Waals surface area (Å²) in [6.07, 6.45) is 3.66. The van der Waals surface area contributed by atoms with E-state index < -0.39 is 23.8 Å². The maximum absolute atomic E-state index is 13.5. The fourth-order valence-electron chi connectivity index (χ4n) is 4.61. The van der Waals surface area contributed by atoms with Crippen molar-refractivity contribution >= 4 is 40.0 Å². The number of rotatable bonds is 8. The number of anilines is 1. The first-order chi connectivity index (χ1) is 16.3. The number of amides is 4. The molecular formula is C25H29N3O5S. The number of imide groups is 1. The van der Waals surface area contributed by atoms with Gasteiger partial charge in [-0.05, 0) is 49.3 Å². The second-order valence-corrected chi connectivity index (χ2v) is 9.97. The van der Waals surface area contributed by atoms with Crippen LogP contribution in [0.3, 0.4) is 0 Å². The van der Waals surface area contributed by atoms with E-state index >= 15 is 0 Å². The van der Waals surface area contributed by atoms with Crippen LogP contribution in [0.15, 0.2) is 24.3 Å². The summed E-state index contributed by atoms with van der Waals surface area (Å²) in [6, 6.07) is 5.59. The second-order valence-electron chi connectivity index (χ2n) is 8.87. The maximum Gasteiger partial charge on any atom is 0.262 e. The Morgan fingerprint density at radius 2 is 1.74 bits per heavy atom. The number of carbonyl (C=O) groups excluding carboxylic acids is 4. The molecule has 2 heterocycles. The lowest BCUT2D eigenvalue weighted by Gasteiger charge is -2.28. The topological polar surface area (TPSA) is 105 Å². The Kier molecular flexibility index (Phi) is 7.13. The van der Waals surface area contributed by atoms with E-state index in [1.807, 2.05) is 0 Å². The van der Waals surface area contributed by atoms with Gasteiger partial charge in [0.15, 0.2) is 0 Å². The van der Waals surface area contributed by atoms with Gasteiger partial charge in [-0.3, -0.25) is 24.1 Å². The van der Waals surface area contributed by atoms with Gasteiger partial charge in [0.2, 0.25) is 5.91 Å². The highest BCUT2D eigenvalue weighted by Crippen LogP contribution is 2.38. The number of carbonyl (C=O) groups is 4. The van der Waals surface area contributed by atoms with Gasteiger partial charge in [-0.1, -0.05) is 26.0 Å². The molecular weight excluding hydrogens is 454 g/mol. The Hall–Kier alpha value is -3.04. The molecule has 0 spiro atoms. The minimum Gasteiger partial charge on any atom is -0.383 e. The quantitative estimate of drug-likeness (QED) is 0.443. The van der Waals surface area contributed by atoms with Crippen LogP contribution in [0.25, 0.3) is 0 Å². The third-order valence-electron chi connectivity index (χ3n) is 6.23. The van der Waals surface area contributed by atoms with Gasteiger partial charge in [0.1, 0.15) is 11.0 Å². The number of thiophene rings is 1. The summed E-state index contributed by atoms with van der Waals surface area (Å²) in [6.45, 7) is 4.34. The Morgan fingerprint density at radius 1 is 1.09 bits per heavy atom. The molecule has 0 saturated carbocycles. The van der Waals surface area contributed by atoms with Gasteiger partial charge in [0.25, 0.3) is 17.7 Å². The number of fused-ring (bicyclic) bond motifs is 2. The fraction of sp³-hybridized carbons (Fsp3) is 0.440.